The van der Waals surface area contributed by atoms with E-state index in [4.69, 9.17) is 22.4 Å². The number of benzene rings is 2. The second kappa shape index (κ2) is 10.7. The van der Waals surface area contributed by atoms with Gasteiger partial charge >= 0.3 is 11.9 Å². The van der Waals surface area contributed by atoms with Crippen LogP contribution in [-0.4, -0.2) is 31.7 Å². The zero-order valence-electron chi connectivity index (χ0n) is 20.2. The summed E-state index contributed by atoms with van der Waals surface area (Å²) in [6.45, 7) is 1.04. The Bertz CT molecular complexity index is 1820. The Morgan fingerprint density at radius 2 is 1.75 bits per heavy atom. The normalized spacial score (nSPS) is 12.1. The van der Waals surface area contributed by atoms with Crippen LogP contribution in [0, 0.1) is 30.2 Å². The number of para-hydroxylation sites is 1. The van der Waals surface area contributed by atoms with Crippen molar-refractivity contribution < 1.29 is 37.4 Å². The van der Waals surface area contributed by atoms with Crippen LogP contribution in [0.3, 0.4) is 0 Å². The van der Waals surface area contributed by atoms with Crippen molar-refractivity contribution in [2.45, 2.75) is 13.3 Å². The number of aromatic carboxylic acids is 1. The average Bonchev–Trinajstić information content (AvgIpc) is 2.93. The first kappa shape index (κ1) is 28.1. The largest absolute Gasteiger partial charge is 0.478 e. The Kier molecular flexibility index (Phi) is 7.51. The molecule has 0 amide bonds. The lowest BCUT2D eigenvalue weighted by atomic mass is 10.0. The van der Waals surface area contributed by atoms with E-state index in [1.807, 2.05) is 24.3 Å². The molecule has 206 valence electrons. The van der Waals surface area contributed by atoms with E-state index in [1.165, 1.54) is 0 Å². The third kappa shape index (κ3) is 4.94. The molecule has 1 aliphatic heterocycles. The number of nitrogens with two attached hydrogens (primary N) is 1. The van der Waals surface area contributed by atoms with Crippen LogP contribution in [0.2, 0.25) is 5.02 Å². The summed E-state index contributed by atoms with van der Waals surface area (Å²) in [5, 5.41) is 19.4. The first-order valence-electron chi connectivity index (χ1n) is 11.2. The summed E-state index contributed by atoms with van der Waals surface area (Å²) in [7, 11) is 0. The molecule has 0 fully saturated rings. The second-order valence-electron chi connectivity index (χ2n) is 8.46. The SMILES string of the molecule is Cc1c(F)c(N)nc(-n2cc(C(=O)O)c(=O)c3cc(F)c(F)c(Cl)c32)c1F.O=C(O)C1=CNc2ccccc2C1. The van der Waals surface area contributed by atoms with Gasteiger partial charge in [0, 0.05) is 30.1 Å². The van der Waals surface area contributed by atoms with E-state index in [0.29, 0.717) is 28.8 Å². The quantitative estimate of drug-likeness (QED) is 0.201. The molecule has 0 bridgehead atoms. The number of hydrogen-bond acceptors (Lipinski definition) is 6. The van der Waals surface area contributed by atoms with E-state index < -0.39 is 79.3 Å². The number of hydrogen-bond donors (Lipinski definition) is 4. The van der Waals surface area contributed by atoms with Crippen LogP contribution in [0.5, 0.6) is 0 Å². The molecule has 3 heterocycles. The molecular formula is C26H17ClF4N4O5. The number of nitrogen functional groups attached to an aromatic ring is 1. The Balaban J connectivity index is 0.000000236. The summed E-state index contributed by atoms with van der Waals surface area (Å²) in [6.07, 6.45) is 2.67. The summed E-state index contributed by atoms with van der Waals surface area (Å²) >= 11 is 5.78. The number of carboxylic acid groups (broad SMARTS) is 2. The molecule has 2 aromatic heterocycles. The van der Waals surface area contributed by atoms with Crippen LogP contribution in [0.25, 0.3) is 16.7 Å². The van der Waals surface area contributed by atoms with Gasteiger partial charge in [-0.3, -0.25) is 9.36 Å². The predicted molar refractivity (Wildman–Crippen MR) is 138 cm³/mol. The molecule has 0 saturated heterocycles. The van der Waals surface area contributed by atoms with Gasteiger partial charge in [-0.15, -0.1) is 0 Å². The fourth-order valence-electron chi connectivity index (χ4n) is 3.91. The summed E-state index contributed by atoms with van der Waals surface area (Å²) in [4.78, 5) is 37.8. The standard InChI is InChI=1S/C16H8ClF4N3O3.C10H9NO2/c1-4-9(19)14(22)23-15(10(4)20)24-3-6(16(26)27)13(25)5-2-7(18)11(21)8(17)12(5)24;12-10(13)8-5-7-3-1-2-4-9(7)11-6-8/h2-3H,1H3,(H2,22,23)(H,26,27);1-4,6,11H,5H2,(H,12,13). The number of nitrogens with one attached hydrogen (secondary N) is 1. The van der Waals surface area contributed by atoms with E-state index >= 15 is 0 Å². The van der Waals surface area contributed by atoms with E-state index in [2.05, 4.69) is 10.3 Å². The van der Waals surface area contributed by atoms with Crippen LogP contribution in [0.15, 0.2) is 53.1 Å². The Morgan fingerprint density at radius 1 is 1.07 bits per heavy atom. The van der Waals surface area contributed by atoms with Gasteiger partial charge in [-0.25, -0.2) is 32.1 Å². The van der Waals surface area contributed by atoms with Gasteiger partial charge in [0.25, 0.3) is 0 Å². The van der Waals surface area contributed by atoms with Crippen LogP contribution in [0.4, 0.5) is 29.1 Å². The highest BCUT2D eigenvalue weighted by Gasteiger charge is 2.25. The number of pyridine rings is 2. The number of carboxylic acids is 2. The second-order valence-corrected chi connectivity index (χ2v) is 8.83. The monoisotopic (exact) mass is 576 g/mol. The van der Waals surface area contributed by atoms with Crippen molar-refractivity contribution in [3.8, 4) is 5.82 Å². The van der Waals surface area contributed by atoms with Crippen LogP contribution < -0.4 is 16.5 Å². The van der Waals surface area contributed by atoms with Gasteiger partial charge in [0.15, 0.2) is 34.9 Å². The van der Waals surface area contributed by atoms with Crippen molar-refractivity contribution in [1.82, 2.24) is 9.55 Å². The predicted octanol–water partition coefficient (Wildman–Crippen LogP) is 4.81. The van der Waals surface area contributed by atoms with Crippen molar-refractivity contribution in [1.29, 1.82) is 0 Å². The van der Waals surface area contributed by atoms with Crippen LogP contribution >= 0.6 is 11.6 Å². The van der Waals surface area contributed by atoms with Crippen molar-refractivity contribution in [3.05, 3.63) is 104 Å². The third-order valence-electron chi connectivity index (χ3n) is 5.96. The topological polar surface area (TPSA) is 148 Å². The van der Waals surface area contributed by atoms with E-state index in [9.17, 15) is 37.1 Å². The molecular weight excluding hydrogens is 560 g/mol. The number of fused-ring (bicyclic) bond motifs is 2. The fraction of sp³-hybridized carbons (Fsp3) is 0.0769. The van der Waals surface area contributed by atoms with Gasteiger partial charge in [0.05, 0.1) is 16.5 Å². The molecule has 2 aromatic carbocycles. The van der Waals surface area contributed by atoms with Gasteiger partial charge < -0.3 is 21.3 Å². The maximum absolute atomic E-state index is 14.6. The average molecular weight is 577 g/mol. The zero-order chi connectivity index (χ0) is 29.5. The lowest BCUT2D eigenvalue weighted by Gasteiger charge is -2.16. The maximum atomic E-state index is 14.6. The maximum Gasteiger partial charge on any atom is 0.341 e. The third-order valence-corrected chi connectivity index (χ3v) is 6.31. The van der Waals surface area contributed by atoms with E-state index in [-0.39, 0.29) is 0 Å². The molecule has 0 aliphatic carbocycles. The number of aliphatic carboxylic acids is 1. The van der Waals surface area contributed by atoms with Gasteiger partial charge in [0.1, 0.15) is 10.6 Å². The molecule has 1 aliphatic rings. The Morgan fingerprint density at radius 3 is 2.40 bits per heavy atom. The number of anilines is 2. The minimum absolute atomic E-state index is 0.402. The molecule has 9 nitrogen and oxygen atoms in total. The number of rotatable bonds is 3. The van der Waals surface area contributed by atoms with Crippen molar-refractivity contribution in [2.24, 2.45) is 0 Å². The summed E-state index contributed by atoms with van der Waals surface area (Å²) in [5.74, 6) is -9.52. The van der Waals surface area contributed by atoms with Crippen LogP contribution in [0.1, 0.15) is 21.5 Å². The summed E-state index contributed by atoms with van der Waals surface area (Å²) in [6, 6.07) is 8.12. The number of halogens is 5. The first-order valence-corrected chi connectivity index (χ1v) is 11.6. The highest BCUT2D eigenvalue weighted by molar-refractivity contribution is 6.35. The lowest BCUT2D eigenvalue weighted by molar-refractivity contribution is -0.132. The van der Waals surface area contributed by atoms with E-state index in [0.717, 1.165) is 18.2 Å². The van der Waals surface area contributed by atoms with Gasteiger partial charge in [0.2, 0.25) is 5.43 Å². The fourth-order valence-corrected chi connectivity index (χ4v) is 4.20. The van der Waals surface area contributed by atoms with E-state index in [1.54, 1.807) is 6.20 Å². The number of nitrogens with zero attached hydrogens (tertiary/aromatic N) is 2. The van der Waals surface area contributed by atoms with Gasteiger partial charge in [-0.2, -0.15) is 0 Å². The van der Waals surface area contributed by atoms with Gasteiger partial charge in [-0.05, 0) is 24.6 Å². The zero-order valence-corrected chi connectivity index (χ0v) is 21.0. The summed E-state index contributed by atoms with van der Waals surface area (Å²) < 4.78 is 56.6. The molecule has 40 heavy (non-hydrogen) atoms. The molecule has 14 heteroatoms. The van der Waals surface area contributed by atoms with Crippen molar-refractivity contribution in [3.63, 3.8) is 0 Å². The minimum Gasteiger partial charge on any atom is -0.478 e. The first-order chi connectivity index (χ1) is 18.8. The van der Waals surface area contributed by atoms with Crippen molar-refractivity contribution in [2.75, 3.05) is 11.1 Å². The van der Waals surface area contributed by atoms with Gasteiger partial charge in [-0.1, -0.05) is 29.8 Å². The minimum atomic E-state index is -1.72. The molecule has 0 saturated carbocycles. The molecule has 5 N–H and O–H groups in total. The lowest BCUT2D eigenvalue weighted by Crippen LogP contribution is -2.20. The Labute approximate surface area is 226 Å². The highest BCUT2D eigenvalue weighted by atomic mass is 35.5. The Hall–Kier alpha value is -4.91. The molecule has 5 rings (SSSR count). The smallest absolute Gasteiger partial charge is 0.341 e. The molecule has 0 atom stereocenters. The summed E-state index contributed by atoms with van der Waals surface area (Å²) in [5.41, 5.74) is 4.62. The molecule has 0 radical (unpaired) electrons. The molecule has 0 unspecified atom stereocenters. The molecule has 4 aromatic rings. The van der Waals surface area contributed by atoms with Crippen LogP contribution in [-0.2, 0) is 11.2 Å². The highest BCUT2D eigenvalue weighted by Crippen LogP contribution is 2.31. The van der Waals surface area contributed by atoms with Crippen molar-refractivity contribution >= 4 is 45.9 Å². The number of carbonyl (C=O) groups is 2. The molecule has 0 spiro atoms. The number of aromatic nitrogens is 2.